The molecule has 0 radical (unpaired) electrons. The first kappa shape index (κ1) is 11.6. The number of benzene rings is 1. The highest BCUT2D eigenvalue weighted by Crippen LogP contribution is 2.23. The SMILES string of the molecule is Cc1ccc(Nc2ccc(C#N)nc2)cc1Br. The number of aromatic nitrogens is 1. The predicted molar refractivity (Wildman–Crippen MR) is 71.1 cm³/mol. The molecule has 2 aromatic rings. The lowest BCUT2D eigenvalue weighted by atomic mass is 10.2. The topological polar surface area (TPSA) is 48.7 Å². The second-order valence-corrected chi connectivity index (χ2v) is 4.49. The van der Waals surface area contributed by atoms with E-state index in [4.69, 9.17) is 5.26 Å². The Bertz CT molecular complexity index is 570. The van der Waals surface area contributed by atoms with Gasteiger partial charge in [-0.2, -0.15) is 5.26 Å². The molecule has 2 rings (SSSR count). The predicted octanol–water partition coefficient (Wildman–Crippen LogP) is 3.77. The first-order valence-corrected chi connectivity index (χ1v) is 5.87. The molecule has 0 spiro atoms. The molecule has 0 fully saturated rings. The fraction of sp³-hybridized carbons (Fsp3) is 0.0769. The van der Waals surface area contributed by atoms with Crippen LogP contribution >= 0.6 is 15.9 Å². The first-order chi connectivity index (χ1) is 8.19. The van der Waals surface area contributed by atoms with Gasteiger partial charge in [0.1, 0.15) is 11.8 Å². The molecule has 0 amide bonds. The molecular formula is C13H10BrN3. The highest BCUT2D eigenvalue weighted by Gasteiger charge is 1.99. The Morgan fingerprint density at radius 2 is 2.00 bits per heavy atom. The summed E-state index contributed by atoms with van der Waals surface area (Å²) < 4.78 is 1.06. The van der Waals surface area contributed by atoms with E-state index in [1.54, 1.807) is 12.3 Å². The Balaban J connectivity index is 2.20. The van der Waals surface area contributed by atoms with E-state index in [9.17, 15) is 0 Å². The molecule has 17 heavy (non-hydrogen) atoms. The number of halogens is 1. The van der Waals surface area contributed by atoms with Gasteiger partial charge in [-0.3, -0.25) is 0 Å². The van der Waals surface area contributed by atoms with Gasteiger partial charge < -0.3 is 5.32 Å². The van der Waals surface area contributed by atoms with Crippen LogP contribution in [0.15, 0.2) is 41.0 Å². The van der Waals surface area contributed by atoms with Crippen molar-refractivity contribution in [1.29, 1.82) is 5.26 Å². The number of pyridine rings is 1. The standard InChI is InChI=1S/C13H10BrN3/c1-9-2-3-10(6-13(9)14)17-12-5-4-11(7-15)16-8-12/h2-6,8,17H,1H3. The van der Waals surface area contributed by atoms with Crippen LogP contribution in [0.1, 0.15) is 11.3 Å². The second-order valence-electron chi connectivity index (χ2n) is 3.63. The number of nitrogens with zero attached hydrogens (tertiary/aromatic N) is 2. The maximum Gasteiger partial charge on any atom is 0.140 e. The largest absolute Gasteiger partial charge is 0.354 e. The molecule has 1 heterocycles. The highest BCUT2D eigenvalue weighted by molar-refractivity contribution is 9.10. The summed E-state index contributed by atoms with van der Waals surface area (Å²) >= 11 is 3.48. The molecule has 0 atom stereocenters. The van der Waals surface area contributed by atoms with Crippen LogP contribution in [-0.2, 0) is 0 Å². The van der Waals surface area contributed by atoms with Crippen LogP contribution in [0.3, 0.4) is 0 Å². The van der Waals surface area contributed by atoms with Gasteiger partial charge in [0, 0.05) is 10.2 Å². The third-order valence-electron chi connectivity index (χ3n) is 2.34. The molecular weight excluding hydrogens is 278 g/mol. The minimum atomic E-state index is 0.417. The Morgan fingerprint density at radius 1 is 1.24 bits per heavy atom. The van der Waals surface area contributed by atoms with Gasteiger partial charge >= 0.3 is 0 Å². The van der Waals surface area contributed by atoms with Gasteiger partial charge in [0.15, 0.2) is 0 Å². The summed E-state index contributed by atoms with van der Waals surface area (Å²) in [6.45, 7) is 2.04. The Labute approximate surface area is 108 Å². The third-order valence-corrected chi connectivity index (χ3v) is 3.19. The van der Waals surface area contributed by atoms with Crippen LogP contribution in [0.4, 0.5) is 11.4 Å². The highest BCUT2D eigenvalue weighted by atomic mass is 79.9. The zero-order chi connectivity index (χ0) is 12.3. The smallest absolute Gasteiger partial charge is 0.140 e. The maximum atomic E-state index is 8.65. The molecule has 0 saturated carbocycles. The van der Waals surface area contributed by atoms with Crippen molar-refractivity contribution < 1.29 is 0 Å². The minimum absolute atomic E-state index is 0.417. The number of hydrogen-bond donors (Lipinski definition) is 1. The van der Waals surface area contributed by atoms with E-state index >= 15 is 0 Å². The van der Waals surface area contributed by atoms with Gasteiger partial charge in [-0.1, -0.05) is 22.0 Å². The molecule has 0 aliphatic carbocycles. The van der Waals surface area contributed by atoms with E-state index < -0.39 is 0 Å². The van der Waals surface area contributed by atoms with Crippen molar-refractivity contribution in [1.82, 2.24) is 4.98 Å². The lowest BCUT2D eigenvalue weighted by Gasteiger charge is -2.07. The van der Waals surface area contributed by atoms with Crippen LogP contribution in [0, 0.1) is 18.3 Å². The van der Waals surface area contributed by atoms with Gasteiger partial charge in [-0.05, 0) is 36.8 Å². The van der Waals surface area contributed by atoms with Crippen LogP contribution in [-0.4, -0.2) is 4.98 Å². The van der Waals surface area contributed by atoms with Crippen molar-refractivity contribution in [3.05, 3.63) is 52.3 Å². The van der Waals surface area contributed by atoms with Crippen LogP contribution in [0.5, 0.6) is 0 Å². The summed E-state index contributed by atoms with van der Waals surface area (Å²) in [5.41, 5.74) is 3.45. The molecule has 0 unspecified atom stereocenters. The zero-order valence-corrected chi connectivity index (χ0v) is 10.8. The molecule has 4 heteroatoms. The van der Waals surface area contributed by atoms with Crippen LogP contribution in [0.2, 0.25) is 0 Å². The quantitative estimate of drug-likeness (QED) is 0.915. The summed E-state index contributed by atoms with van der Waals surface area (Å²) in [6, 6.07) is 11.5. The normalized spacial score (nSPS) is 9.71. The van der Waals surface area contributed by atoms with Crippen LogP contribution < -0.4 is 5.32 Å². The number of nitriles is 1. The molecule has 1 aromatic carbocycles. The van der Waals surface area contributed by atoms with Gasteiger partial charge in [-0.15, -0.1) is 0 Å². The number of aryl methyl sites for hydroxylation is 1. The molecule has 0 saturated heterocycles. The molecule has 1 N–H and O–H groups in total. The molecule has 0 bridgehead atoms. The van der Waals surface area contributed by atoms with Crippen molar-refractivity contribution in [2.24, 2.45) is 0 Å². The van der Waals surface area contributed by atoms with Crippen molar-refractivity contribution in [3.8, 4) is 6.07 Å². The second kappa shape index (κ2) is 4.98. The van der Waals surface area contributed by atoms with Crippen molar-refractivity contribution in [3.63, 3.8) is 0 Å². The van der Waals surface area contributed by atoms with Gasteiger partial charge in [0.25, 0.3) is 0 Å². The zero-order valence-electron chi connectivity index (χ0n) is 9.24. The van der Waals surface area contributed by atoms with E-state index in [2.05, 4.69) is 26.2 Å². The van der Waals surface area contributed by atoms with E-state index in [0.717, 1.165) is 15.8 Å². The van der Waals surface area contributed by atoms with Gasteiger partial charge in [0.2, 0.25) is 0 Å². The Hall–Kier alpha value is -1.86. The van der Waals surface area contributed by atoms with E-state index in [0.29, 0.717) is 5.69 Å². The van der Waals surface area contributed by atoms with E-state index in [1.165, 1.54) is 5.56 Å². The fourth-order valence-corrected chi connectivity index (χ4v) is 1.75. The van der Waals surface area contributed by atoms with E-state index in [1.807, 2.05) is 37.3 Å². The summed E-state index contributed by atoms with van der Waals surface area (Å²) in [5.74, 6) is 0. The number of nitrogens with one attached hydrogen (secondary N) is 1. The summed E-state index contributed by atoms with van der Waals surface area (Å²) in [4.78, 5) is 4.00. The summed E-state index contributed by atoms with van der Waals surface area (Å²) in [5, 5.41) is 11.9. The van der Waals surface area contributed by atoms with Crippen molar-refractivity contribution >= 4 is 27.3 Å². The van der Waals surface area contributed by atoms with Gasteiger partial charge in [-0.25, -0.2) is 4.98 Å². The van der Waals surface area contributed by atoms with Crippen molar-refractivity contribution in [2.45, 2.75) is 6.92 Å². The molecule has 0 aliphatic rings. The Morgan fingerprint density at radius 3 is 2.59 bits per heavy atom. The number of anilines is 2. The summed E-state index contributed by atoms with van der Waals surface area (Å²) in [6.07, 6.45) is 1.65. The van der Waals surface area contributed by atoms with Gasteiger partial charge in [0.05, 0.1) is 11.9 Å². The first-order valence-electron chi connectivity index (χ1n) is 5.08. The maximum absolute atomic E-state index is 8.65. The minimum Gasteiger partial charge on any atom is -0.354 e. The number of hydrogen-bond acceptors (Lipinski definition) is 3. The van der Waals surface area contributed by atoms with E-state index in [-0.39, 0.29) is 0 Å². The third kappa shape index (κ3) is 2.83. The molecule has 3 nitrogen and oxygen atoms in total. The lowest BCUT2D eigenvalue weighted by Crippen LogP contribution is -1.92. The number of rotatable bonds is 2. The summed E-state index contributed by atoms with van der Waals surface area (Å²) in [7, 11) is 0. The van der Waals surface area contributed by atoms with Crippen molar-refractivity contribution in [2.75, 3.05) is 5.32 Å². The fourth-order valence-electron chi connectivity index (χ4n) is 1.37. The average molecular weight is 288 g/mol. The molecule has 0 aliphatic heterocycles. The lowest BCUT2D eigenvalue weighted by molar-refractivity contribution is 1.26. The molecule has 1 aromatic heterocycles. The average Bonchev–Trinajstić information content (AvgIpc) is 2.35. The van der Waals surface area contributed by atoms with Crippen LogP contribution in [0.25, 0.3) is 0 Å². The molecule has 84 valence electrons. The Kier molecular flexibility index (Phi) is 3.40. The monoisotopic (exact) mass is 287 g/mol.